The van der Waals surface area contributed by atoms with Gasteiger partial charge in [0.05, 0.1) is 11.9 Å². The van der Waals surface area contributed by atoms with Gasteiger partial charge >= 0.3 is 0 Å². The molecule has 18 heavy (non-hydrogen) atoms. The zero-order valence-electron chi connectivity index (χ0n) is 9.83. The van der Waals surface area contributed by atoms with Gasteiger partial charge in [-0.1, -0.05) is 0 Å². The number of anilines is 1. The average molecular weight is 260 g/mol. The molecule has 0 aliphatic rings. The highest BCUT2D eigenvalue weighted by Crippen LogP contribution is 2.24. The van der Waals surface area contributed by atoms with Gasteiger partial charge in [-0.3, -0.25) is 4.68 Å². The average Bonchev–Trinajstić information content (AvgIpc) is 2.92. The fourth-order valence-corrected chi connectivity index (χ4v) is 2.43. The van der Waals surface area contributed by atoms with Gasteiger partial charge in [0, 0.05) is 23.8 Å². The zero-order valence-corrected chi connectivity index (χ0v) is 10.6. The Morgan fingerprint density at radius 1 is 1.44 bits per heavy atom. The van der Waals surface area contributed by atoms with Gasteiger partial charge in [0.25, 0.3) is 0 Å². The molecule has 2 heterocycles. The Morgan fingerprint density at radius 3 is 3.11 bits per heavy atom. The number of aromatic nitrogens is 3. The van der Waals surface area contributed by atoms with Crippen LogP contribution in [0.2, 0.25) is 0 Å². The Kier molecular flexibility index (Phi) is 2.71. The van der Waals surface area contributed by atoms with Crippen LogP contribution in [-0.2, 0) is 12.8 Å². The lowest BCUT2D eigenvalue weighted by Gasteiger charge is -1.92. The number of hydrogen-bond donors (Lipinski definition) is 1. The van der Waals surface area contributed by atoms with Crippen LogP contribution in [0.25, 0.3) is 11.1 Å². The van der Waals surface area contributed by atoms with E-state index in [0.717, 1.165) is 16.0 Å². The maximum absolute atomic E-state index is 5.70. The maximum atomic E-state index is 5.70. The minimum Gasteiger partial charge on any atom is -0.440 e. The lowest BCUT2D eigenvalue weighted by Crippen LogP contribution is -1.84. The summed E-state index contributed by atoms with van der Waals surface area (Å²) in [5, 5.41) is 4.11. The van der Waals surface area contributed by atoms with Crippen molar-refractivity contribution >= 4 is 28.5 Å². The number of nitrogens with zero attached hydrogens (tertiary/aromatic N) is 3. The molecule has 0 aliphatic carbocycles. The van der Waals surface area contributed by atoms with Gasteiger partial charge in [-0.05, 0) is 18.2 Å². The number of thioether (sulfide) groups is 1. The molecule has 0 aliphatic heterocycles. The molecule has 6 heteroatoms. The first-order chi connectivity index (χ1) is 8.70. The number of nitrogens with two attached hydrogens (primary N) is 1. The smallest absolute Gasteiger partial charge is 0.205 e. The normalized spacial score (nSPS) is 11.2. The van der Waals surface area contributed by atoms with Crippen LogP contribution in [0.4, 0.5) is 5.69 Å². The van der Waals surface area contributed by atoms with E-state index >= 15 is 0 Å². The Bertz CT molecular complexity index is 688. The Hall–Kier alpha value is -1.95. The van der Waals surface area contributed by atoms with Crippen LogP contribution in [-0.4, -0.2) is 14.8 Å². The van der Waals surface area contributed by atoms with Crippen molar-refractivity contribution in [2.75, 3.05) is 5.73 Å². The minimum atomic E-state index is 0.681. The van der Waals surface area contributed by atoms with Crippen molar-refractivity contribution in [3.05, 3.63) is 36.5 Å². The molecule has 0 saturated heterocycles. The molecule has 5 nitrogen and oxygen atoms in total. The third-order valence-corrected chi connectivity index (χ3v) is 3.43. The fourth-order valence-electron chi connectivity index (χ4n) is 1.67. The topological polar surface area (TPSA) is 69.9 Å². The quantitative estimate of drug-likeness (QED) is 0.578. The molecule has 0 radical (unpaired) electrons. The summed E-state index contributed by atoms with van der Waals surface area (Å²) >= 11 is 1.64. The second-order valence-corrected chi connectivity index (χ2v) is 5.02. The second-order valence-electron chi connectivity index (χ2n) is 3.97. The van der Waals surface area contributed by atoms with Crippen LogP contribution in [0.3, 0.4) is 0 Å². The summed E-state index contributed by atoms with van der Waals surface area (Å²) in [5.74, 6) is 1.38. The lowest BCUT2D eigenvalue weighted by atomic mass is 10.3. The molecule has 0 bridgehead atoms. The van der Waals surface area contributed by atoms with Crippen LogP contribution < -0.4 is 5.73 Å². The standard InChI is InChI=1S/C12H12N4OS/c1-16-6-9(5-14-16)18-7-12-15-10-4-8(13)2-3-11(10)17-12/h2-6H,7,13H2,1H3. The van der Waals surface area contributed by atoms with Crippen molar-refractivity contribution < 1.29 is 4.42 Å². The molecule has 0 fully saturated rings. The van der Waals surface area contributed by atoms with Crippen molar-refractivity contribution in [3.63, 3.8) is 0 Å². The van der Waals surface area contributed by atoms with Crippen LogP contribution >= 0.6 is 11.8 Å². The van der Waals surface area contributed by atoms with Gasteiger partial charge in [-0.25, -0.2) is 4.98 Å². The SMILES string of the molecule is Cn1cc(SCc2nc3cc(N)ccc3o2)cn1. The Morgan fingerprint density at radius 2 is 2.33 bits per heavy atom. The third-order valence-electron chi connectivity index (χ3n) is 2.50. The maximum Gasteiger partial charge on any atom is 0.205 e. The molecule has 1 aromatic carbocycles. The van der Waals surface area contributed by atoms with E-state index in [4.69, 9.17) is 10.2 Å². The van der Waals surface area contributed by atoms with Gasteiger partial charge < -0.3 is 10.2 Å². The molecule has 0 unspecified atom stereocenters. The largest absolute Gasteiger partial charge is 0.440 e. The monoisotopic (exact) mass is 260 g/mol. The van der Waals surface area contributed by atoms with Crippen molar-refractivity contribution in [2.45, 2.75) is 10.6 Å². The summed E-state index contributed by atoms with van der Waals surface area (Å²) in [5.41, 5.74) is 7.97. The van der Waals surface area contributed by atoms with Crippen LogP contribution in [0, 0.1) is 0 Å². The van der Waals surface area contributed by atoms with Crippen molar-refractivity contribution in [1.82, 2.24) is 14.8 Å². The summed E-state index contributed by atoms with van der Waals surface area (Å²) in [6, 6.07) is 5.47. The summed E-state index contributed by atoms with van der Waals surface area (Å²) < 4.78 is 7.41. The highest BCUT2D eigenvalue weighted by molar-refractivity contribution is 7.98. The summed E-state index contributed by atoms with van der Waals surface area (Å²) in [7, 11) is 1.90. The number of benzene rings is 1. The molecule has 0 amide bonds. The van der Waals surface area contributed by atoms with E-state index in [1.807, 2.05) is 37.6 Å². The van der Waals surface area contributed by atoms with E-state index < -0.39 is 0 Å². The van der Waals surface area contributed by atoms with E-state index in [1.54, 1.807) is 16.4 Å². The summed E-state index contributed by atoms with van der Waals surface area (Å²) in [4.78, 5) is 5.50. The molecular weight excluding hydrogens is 248 g/mol. The zero-order chi connectivity index (χ0) is 12.5. The van der Waals surface area contributed by atoms with Crippen molar-refractivity contribution in [1.29, 1.82) is 0 Å². The number of oxazole rings is 1. The summed E-state index contributed by atoms with van der Waals surface area (Å²) in [6.07, 6.45) is 3.79. The number of rotatable bonds is 3. The highest BCUT2D eigenvalue weighted by atomic mass is 32.2. The van der Waals surface area contributed by atoms with Gasteiger partial charge in [0.15, 0.2) is 5.58 Å². The number of fused-ring (bicyclic) bond motifs is 1. The number of hydrogen-bond acceptors (Lipinski definition) is 5. The number of aryl methyl sites for hydroxylation is 1. The van der Waals surface area contributed by atoms with Crippen LogP contribution in [0.5, 0.6) is 0 Å². The molecule has 2 N–H and O–H groups in total. The molecule has 0 atom stereocenters. The molecule has 2 aromatic heterocycles. The van der Waals surface area contributed by atoms with Gasteiger partial charge in [-0.2, -0.15) is 5.10 Å². The lowest BCUT2D eigenvalue weighted by molar-refractivity contribution is 0.556. The Balaban J connectivity index is 1.78. The predicted molar refractivity (Wildman–Crippen MR) is 71.2 cm³/mol. The van der Waals surface area contributed by atoms with E-state index in [1.165, 1.54) is 0 Å². The van der Waals surface area contributed by atoms with Crippen molar-refractivity contribution in [3.8, 4) is 0 Å². The van der Waals surface area contributed by atoms with E-state index in [9.17, 15) is 0 Å². The summed E-state index contributed by atoms with van der Waals surface area (Å²) in [6.45, 7) is 0. The van der Waals surface area contributed by atoms with Gasteiger partial charge in [0.2, 0.25) is 5.89 Å². The molecule has 92 valence electrons. The first kappa shape index (κ1) is 11.2. The number of nitrogen functional groups attached to an aromatic ring is 1. The fraction of sp³-hybridized carbons (Fsp3) is 0.167. The highest BCUT2D eigenvalue weighted by Gasteiger charge is 2.07. The molecule has 3 aromatic rings. The van der Waals surface area contributed by atoms with E-state index in [2.05, 4.69) is 10.1 Å². The molecule has 0 spiro atoms. The Labute approximate surface area is 108 Å². The van der Waals surface area contributed by atoms with Crippen LogP contribution in [0.15, 0.2) is 39.9 Å². The predicted octanol–water partition coefficient (Wildman–Crippen LogP) is 2.44. The van der Waals surface area contributed by atoms with E-state index in [-0.39, 0.29) is 0 Å². The van der Waals surface area contributed by atoms with E-state index in [0.29, 0.717) is 17.3 Å². The molecule has 0 saturated carbocycles. The minimum absolute atomic E-state index is 0.681. The van der Waals surface area contributed by atoms with Gasteiger partial charge in [0.1, 0.15) is 5.52 Å². The first-order valence-corrected chi connectivity index (χ1v) is 6.46. The van der Waals surface area contributed by atoms with Crippen molar-refractivity contribution in [2.24, 2.45) is 7.05 Å². The van der Waals surface area contributed by atoms with Crippen LogP contribution in [0.1, 0.15) is 5.89 Å². The third kappa shape index (κ3) is 2.19. The van der Waals surface area contributed by atoms with Gasteiger partial charge in [-0.15, -0.1) is 11.8 Å². The second kappa shape index (κ2) is 4.38. The molecular formula is C12H12N4OS. The first-order valence-electron chi connectivity index (χ1n) is 5.47. The molecule has 3 rings (SSSR count).